The van der Waals surface area contributed by atoms with Crippen LogP contribution in [0.15, 0.2) is 12.2 Å². The molecule has 0 spiro atoms. The summed E-state index contributed by atoms with van der Waals surface area (Å²) in [5.41, 5.74) is 0. The Labute approximate surface area is 113 Å². The summed E-state index contributed by atoms with van der Waals surface area (Å²) in [5, 5.41) is 11.7. The van der Waals surface area contributed by atoms with E-state index in [1.54, 1.807) is 0 Å². The minimum absolute atomic E-state index is 0.322. The first-order valence-corrected chi connectivity index (χ1v) is 6.36. The molecule has 0 saturated heterocycles. The molecule has 1 unspecified atom stereocenters. The molecule has 2 amide bonds. The van der Waals surface area contributed by atoms with Crippen molar-refractivity contribution in [1.29, 1.82) is 0 Å². The van der Waals surface area contributed by atoms with Crippen molar-refractivity contribution in [3.05, 3.63) is 12.2 Å². The third-order valence-corrected chi connectivity index (χ3v) is 2.52. The Morgan fingerprint density at radius 1 is 1.26 bits per heavy atom. The van der Waals surface area contributed by atoms with Gasteiger partial charge in [-0.15, -0.1) is 0 Å². The van der Waals surface area contributed by atoms with Crippen LogP contribution in [-0.4, -0.2) is 47.9 Å². The Hall–Kier alpha value is -1.69. The monoisotopic (exact) mass is 270 g/mol. The molecule has 0 saturated carbocycles. The van der Waals surface area contributed by atoms with E-state index in [0.29, 0.717) is 12.8 Å². The lowest BCUT2D eigenvalue weighted by Gasteiger charge is -2.22. The summed E-state index contributed by atoms with van der Waals surface area (Å²) < 4.78 is 0. The van der Waals surface area contributed by atoms with Crippen LogP contribution in [0.4, 0.5) is 0 Å². The number of carbonyl (C=O) groups is 3. The van der Waals surface area contributed by atoms with E-state index in [9.17, 15) is 14.4 Å². The number of carboxylic acid groups (broad SMARTS) is 1. The van der Waals surface area contributed by atoms with E-state index in [1.807, 2.05) is 21.0 Å². The molecule has 1 heterocycles. The van der Waals surface area contributed by atoms with Crippen molar-refractivity contribution in [3.63, 3.8) is 0 Å². The van der Waals surface area contributed by atoms with Crippen molar-refractivity contribution < 1.29 is 19.5 Å². The number of amides is 2. The summed E-state index contributed by atoms with van der Waals surface area (Å²) >= 11 is 0. The molecule has 1 aliphatic rings. The number of imide groups is 1. The van der Waals surface area contributed by atoms with Gasteiger partial charge in [0.2, 0.25) is 0 Å². The minimum atomic E-state index is -1.12. The molecule has 2 N–H and O–H groups in total. The predicted molar refractivity (Wildman–Crippen MR) is 71.5 cm³/mol. The maximum atomic E-state index is 11.3. The Balaban J connectivity index is 0.000000982. The topological polar surface area (TPSA) is 86.7 Å². The zero-order valence-electron chi connectivity index (χ0n) is 11.7. The van der Waals surface area contributed by atoms with Gasteiger partial charge in [0.1, 0.15) is 6.04 Å². The number of nitrogens with one attached hydrogen (secondary N) is 1. The first-order valence-electron chi connectivity index (χ1n) is 6.36. The molecular formula is C13H22N2O4. The van der Waals surface area contributed by atoms with Crippen LogP contribution in [0, 0.1) is 0 Å². The maximum absolute atomic E-state index is 11.3. The third-order valence-electron chi connectivity index (χ3n) is 2.52. The molecule has 0 bridgehead atoms. The van der Waals surface area contributed by atoms with Gasteiger partial charge in [0.25, 0.3) is 11.8 Å². The van der Waals surface area contributed by atoms with Crippen LogP contribution in [0.3, 0.4) is 0 Å². The second-order valence-electron chi connectivity index (χ2n) is 4.23. The zero-order chi connectivity index (χ0) is 14.8. The Bertz CT molecular complexity index is 335. The van der Waals surface area contributed by atoms with E-state index in [0.717, 1.165) is 29.9 Å². The molecular weight excluding hydrogens is 248 g/mol. The number of carboxylic acids is 1. The fraction of sp³-hybridized carbons (Fsp3) is 0.615. The molecule has 6 heteroatoms. The van der Waals surface area contributed by atoms with E-state index in [4.69, 9.17) is 5.11 Å². The highest BCUT2D eigenvalue weighted by Gasteiger charge is 2.35. The Morgan fingerprint density at radius 2 is 1.74 bits per heavy atom. The zero-order valence-corrected chi connectivity index (χ0v) is 11.7. The summed E-state index contributed by atoms with van der Waals surface area (Å²) in [4.78, 5) is 34.5. The highest BCUT2D eigenvalue weighted by Crippen LogP contribution is 2.15. The van der Waals surface area contributed by atoms with Gasteiger partial charge in [-0.1, -0.05) is 26.2 Å². The van der Waals surface area contributed by atoms with Crippen LogP contribution in [0.25, 0.3) is 0 Å². The van der Waals surface area contributed by atoms with Crippen molar-refractivity contribution in [3.8, 4) is 0 Å². The van der Waals surface area contributed by atoms with Gasteiger partial charge in [0.15, 0.2) is 0 Å². The standard InChI is InChI=1S/C11H15NO4.C2H7N/c1-2-3-4-5-8(11(15)16)12-9(13)6-7-10(12)14;1-3-2/h6-8H,2-5H2,1H3,(H,15,16);3H,1-2H3. The molecule has 19 heavy (non-hydrogen) atoms. The van der Waals surface area contributed by atoms with Crippen LogP contribution in [0.2, 0.25) is 0 Å². The highest BCUT2D eigenvalue weighted by molar-refractivity contribution is 6.14. The van der Waals surface area contributed by atoms with Crippen molar-refractivity contribution in [2.24, 2.45) is 0 Å². The minimum Gasteiger partial charge on any atom is -0.480 e. The molecule has 0 aliphatic carbocycles. The molecule has 1 atom stereocenters. The lowest BCUT2D eigenvalue weighted by Crippen LogP contribution is -2.44. The van der Waals surface area contributed by atoms with E-state index in [-0.39, 0.29) is 0 Å². The normalized spacial score (nSPS) is 15.2. The van der Waals surface area contributed by atoms with Gasteiger partial charge in [-0.05, 0) is 20.5 Å². The third kappa shape index (κ3) is 5.65. The van der Waals surface area contributed by atoms with Crippen LogP contribution in [-0.2, 0) is 14.4 Å². The van der Waals surface area contributed by atoms with Crippen molar-refractivity contribution >= 4 is 17.8 Å². The first kappa shape index (κ1) is 17.3. The smallest absolute Gasteiger partial charge is 0.326 e. The number of aliphatic carboxylic acids is 1. The van der Waals surface area contributed by atoms with Crippen molar-refractivity contribution in [1.82, 2.24) is 10.2 Å². The first-order chi connectivity index (χ1) is 8.99. The Kier molecular flexibility index (Phi) is 8.44. The Morgan fingerprint density at radius 3 is 2.11 bits per heavy atom. The highest BCUT2D eigenvalue weighted by atomic mass is 16.4. The molecule has 6 nitrogen and oxygen atoms in total. The van der Waals surface area contributed by atoms with E-state index in [2.05, 4.69) is 5.32 Å². The lowest BCUT2D eigenvalue weighted by atomic mass is 10.1. The summed E-state index contributed by atoms with van der Waals surface area (Å²) in [7, 11) is 3.75. The van der Waals surface area contributed by atoms with Crippen LogP contribution >= 0.6 is 0 Å². The average Bonchev–Trinajstić information content (AvgIpc) is 2.66. The van der Waals surface area contributed by atoms with Crippen LogP contribution < -0.4 is 5.32 Å². The molecule has 0 aromatic rings. The SMILES string of the molecule is CCCCCC(C(=O)O)N1C(=O)C=CC1=O.CNC. The summed E-state index contributed by atoms with van der Waals surface area (Å²) in [6.45, 7) is 2.00. The van der Waals surface area contributed by atoms with Gasteiger partial charge in [0, 0.05) is 12.2 Å². The number of hydrogen-bond donors (Lipinski definition) is 2. The van der Waals surface area contributed by atoms with Crippen molar-refractivity contribution in [2.75, 3.05) is 14.1 Å². The fourth-order valence-corrected chi connectivity index (χ4v) is 1.67. The van der Waals surface area contributed by atoms with E-state index >= 15 is 0 Å². The van der Waals surface area contributed by atoms with Crippen LogP contribution in [0.5, 0.6) is 0 Å². The van der Waals surface area contributed by atoms with Gasteiger partial charge in [-0.3, -0.25) is 14.5 Å². The van der Waals surface area contributed by atoms with Gasteiger partial charge in [0.05, 0.1) is 0 Å². The molecule has 0 radical (unpaired) electrons. The van der Waals surface area contributed by atoms with E-state index < -0.39 is 23.8 Å². The number of nitrogens with zero attached hydrogens (tertiary/aromatic N) is 1. The van der Waals surface area contributed by atoms with E-state index in [1.165, 1.54) is 0 Å². The number of rotatable bonds is 6. The molecule has 1 aliphatic heterocycles. The second kappa shape index (κ2) is 9.27. The van der Waals surface area contributed by atoms with Gasteiger partial charge in [-0.25, -0.2) is 4.79 Å². The summed E-state index contributed by atoms with van der Waals surface area (Å²) in [6.07, 6.45) is 5.10. The number of carbonyl (C=O) groups excluding carboxylic acids is 2. The molecule has 1 rings (SSSR count). The number of hydrogen-bond acceptors (Lipinski definition) is 4. The summed E-state index contributed by atoms with van der Waals surface area (Å²) in [5.74, 6) is -2.19. The van der Waals surface area contributed by atoms with Gasteiger partial charge >= 0.3 is 5.97 Å². The maximum Gasteiger partial charge on any atom is 0.326 e. The largest absolute Gasteiger partial charge is 0.480 e. The second-order valence-corrected chi connectivity index (χ2v) is 4.23. The molecule has 0 aromatic heterocycles. The van der Waals surface area contributed by atoms with Gasteiger partial charge in [-0.2, -0.15) is 0 Å². The van der Waals surface area contributed by atoms with Crippen LogP contribution in [0.1, 0.15) is 32.6 Å². The summed E-state index contributed by atoms with van der Waals surface area (Å²) in [6, 6.07) is -1.03. The van der Waals surface area contributed by atoms with Gasteiger partial charge < -0.3 is 10.4 Å². The lowest BCUT2D eigenvalue weighted by molar-refractivity contribution is -0.153. The fourth-order valence-electron chi connectivity index (χ4n) is 1.67. The molecule has 108 valence electrons. The molecule has 0 fully saturated rings. The average molecular weight is 270 g/mol. The molecule has 0 aromatic carbocycles. The van der Waals surface area contributed by atoms with Crippen molar-refractivity contribution in [2.45, 2.75) is 38.6 Å². The predicted octanol–water partition coefficient (Wildman–Crippen LogP) is 0.781. The number of unbranched alkanes of at least 4 members (excludes halogenated alkanes) is 2. The quantitative estimate of drug-likeness (QED) is 0.550.